The second-order valence-electron chi connectivity index (χ2n) is 5.95. The van der Waals surface area contributed by atoms with E-state index in [0.29, 0.717) is 32.8 Å². The number of urea groups is 1. The number of methoxy groups -OCH3 is 1. The van der Waals surface area contributed by atoms with Crippen LogP contribution in [0.5, 0.6) is 0 Å². The topological polar surface area (TPSA) is 59.4 Å². The lowest BCUT2D eigenvalue weighted by atomic mass is 10.1. The van der Waals surface area contributed by atoms with Crippen LogP contribution in [0.15, 0.2) is 29.0 Å². The molecule has 0 saturated carbocycles. The zero-order valence-electron chi connectivity index (χ0n) is 13.9. The van der Waals surface area contributed by atoms with E-state index in [1.807, 2.05) is 15.8 Å². The largest absolute Gasteiger partial charge is 0.383 e. The number of benzene rings is 1. The van der Waals surface area contributed by atoms with Gasteiger partial charge in [0.15, 0.2) is 0 Å². The molecule has 1 N–H and O–H groups in total. The Bertz CT molecular complexity index is 744. The second-order valence-corrected chi connectivity index (χ2v) is 6.75. The van der Waals surface area contributed by atoms with Gasteiger partial charge in [0.25, 0.3) is 0 Å². The maximum Gasteiger partial charge on any atom is 0.318 e. The Morgan fingerprint density at radius 3 is 3.04 bits per heavy atom. The predicted molar refractivity (Wildman–Crippen MR) is 94.5 cm³/mol. The Labute approximate surface area is 149 Å². The molecule has 0 atom stereocenters. The number of fused-ring (bicyclic) bond motifs is 1. The summed E-state index contributed by atoms with van der Waals surface area (Å²) < 4.78 is 7.95. The molecule has 2 heterocycles. The number of ether oxygens (including phenoxy) is 1. The molecule has 0 aliphatic carbocycles. The molecule has 0 unspecified atom stereocenters. The van der Waals surface area contributed by atoms with Gasteiger partial charge >= 0.3 is 6.03 Å². The molecule has 0 radical (unpaired) electrons. The number of rotatable bonds is 5. The van der Waals surface area contributed by atoms with Crippen LogP contribution in [0.4, 0.5) is 4.79 Å². The van der Waals surface area contributed by atoms with Gasteiger partial charge in [-0.05, 0) is 23.6 Å². The first-order chi connectivity index (χ1) is 11.6. The third-order valence-corrected chi connectivity index (χ3v) is 5.29. The van der Waals surface area contributed by atoms with E-state index in [-0.39, 0.29) is 6.03 Å². The Hall–Kier alpha value is -1.86. The van der Waals surface area contributed by atoms with Gasteiger partial charge in [0.05, 0.1) is 19.3 Å². The van der Waals surface area contributed by atoms with Crippen molar-refractivity contribution >= 4 is 22.0 Å². The fraction of sp³-hybridized carbons (Fsp3) is 0.412. The zero-order chi connectivity index (χ0) is 17.1. The van der Waals surface area contributed by atoms with E-state index >= 15 is 0 Å². The monoisotopic (exact) mass is 392 g/mol. The highest BCUT2D eigenvalue weighted by molar-refractivity contribution is 9.10. The number of nitrogens with one attached hydrogen (secondary N) is 1. The van der Waals surface area contributed by atoms with Gasteiger partial charge in [-0.3, -0.25) is 4.68 Å². The first-order valence-electron chi connectivity index (χ1n) is 7.88. The quantitative estimate of drug-likeness (QED) is 0.850. The van der Waals surface area contributed by atoms with Crippen LogP contribution in [-0.2, 0) is 30.9 Å². The van der Waals surface area contributed by atoms with Crippen LogP contribution >= 0.6 is 15.9 Å². The fourth-order valence-corrected chi connectivity index (χ4v) is 3.30. The number of carbonyl (C=O) groups excluding carboxylic acids is 1. The van der Waals surface area contributed by atoms with Crippen molar-refractivity contribution in [2.45, 2.75) is 33.1 Å². The molecule has 1 aliphatic rings. The lowest BCUT2D eigenvalue weighted by Crippen LogP contribution is -2.35. The van der Waals surface area contributed by atoms with E-state index in [4.69, 9.17) is 4.74 Å². The van der Waals surface area contributed by atoms with E-state index in [9.17, 15) is 4.79 Å². The minimum Gasteiger partial charge on any atom is -0.383 e. The van der Waals surface area contributed by atoms with Crippen LogP contribution in [0.1, 0.15) is 22.3 Å². The summed E-state index contributed by atoms with van der Waals surface area (Å²) in [5, 5.41) is 7.21. The molecule has 128 valence electrons. The summed E-state index contributed by atoms with van der Waals surface area (Å²) in [6.45, 7) is 5.14. The van der Waals surface area contributed by atoms with Gasteiger partial charge in [0, 0.05) is 43.0 Å². The third kappa shape index (κ3) is 3.62. The first kappa shape index (κ1) is 17.0. The van der Waals surface area contributed by atoms with Crippen molar-refractivity contribution in [1.29, 1.82) is 0 Å². The minimum absolute atomic E-state index is 0.0552. The number of nitrogens with zero attached hydrogens (tertiary/aromatic N) is 3. The Morgan fingerprint density at radius 1 is 1.42 bits per heavy atom. The molecule has 0 saturated heterocycles. The number of halogens is 1. The zero-order valence-corrected chi connectivity index (χ0v) is 15.5. The van der Waals surface area contributed by atoms with Gasteiger partial charge in [-0.1, -0.05) is 28.1 Å². The molecule has 0 spiro atoms. The van der Waals surface area contributed by atoms with E-state index in [0.717, 1.165) is 10.0 Å². The Balaban J connectivity index is 1.55. The van der Waals surface area contributed by atoms with Crippen molar-refractivity contribution in [2.75, 3.05) is 13.7 Å². The number of amides is 2. The molecule has 3 rings (SSSR count). The summed E-state index contributed by atoms with van der Waals surface area (Å²) in [4.78, 5) is 14.2. The molecule has 24 heavy (non-hydrogen) atoms. The van der Waals surface area contributed by atoms with Crippen LogP contribution < -0.4 is 5.32 Å². The summed E-state index contributed by atoms with van der Waals surface area (Å²) in [5.74, 6) is 0. The average Bonchev–Trinajstić information content (AvgIpc) is 3.21. The van der Waals surface area contributed by atoms with Gasteiger partial charge in [-0.2, -0.15) is 5.10 Å². The van der Waals surface area contributed by atoms with Crippen LogP contribution in [0.25, 0.3) is 0 Å². The summed E-state index contributed by atoms with van der Waals surface area (Å²) in [5.41, 5.74) is 4.58. The molecule has 0 fully saturated rings. The summed E-state index contributed by atoms with van der Waals surface area (Å²) in [7, 11) is 1.67. The molecule has 2 amide bonds. The predicted octanol–water partition coefficient (Wildman–Crippen LogP) is 2.83. The van der Waals surface area contributed by atoms with E-state index in [1.165, 1.54) is 16.7 Å². The van der Waals surface area contributed by atoms with Crippen molar-refractivity contribution in [1.82, 2.24) is 20.0 Å². The second kappa shape index (κ2) is 7.36. The number of carbonyl (C=O) groups is 1. The number of aromatic nitrogens is 2. The number of hydrogen-bond donors (Lipinski definition) is 1. The molecule has 6 nitrogen and oxygen atoms in total. The average molecular weight is 393 g/mol. The maximum absolute atomic E-state index is 12.4. The van der Waals surface area contributed by atoms with E-state index < -0.39 is 0 Å². The Kier molecular flexibility index (Phi) is 5.20. The number of hydrogen-bond acceptors (Lipinski definition) is 3. The Morgan fingerprint density at radius 2 is 2.25 bits per heavy atom. The lowest BCUT2D eigenvalue weighted by Gasteiger charge is -2.16. The summed E-state index contributed by atoms with van der Waals surface area (Å²) in [6.07, 6.45) is 3.70. The van der Waals surface area contributed by atoms with Gasteiger partial charge in [-0.25, -0.2) is 4.79 Å². The third-order valence-electron chi connectivity index (χ3n) is 4.19. The highest BCUT2D eigenvalue weighted by Crippen LogP contribution is 2.31. The highest BCUT2D eigenvalue weighted by Gasteiger charge is 2.25. The minimum atomic E-state index is -0.0552. The molecule has 0 bridgehead atoms. The van der Waals surface area contributed by atoms with Crippen molar-refractivity contribution in [3.63, 3.8) is 0 Å². The highest BCUT2D eigenvalue weighted by atomic mass is 79.9. The molecule has 1 aromatic heterocycles. The van der Waals surface area contributed by atoms with Gasteiger partial charge < -0.3 is 15.0 Å². The first-order valence-corrected chi connectivity index (χ1v) is 8.67. The molecule has 7 heteroatoms. The van der Waals surface area contributed by atoms with Crippen molar-refractivity contribution in [3.05, 3.63) is 51.3 Å². The SMILES string of the molecule is COCCn1cc(CNC(=O)N2Cc3ccc(C)c(Br)c3C2)cn1. The lowest BCUT2D eigenvalue weighted by molar-refractivity contribution is 0.183. The molecular formula is C17H21BrN4O2. The van der Waals surface area contributed by atoms with Crippen LogP contribution in [0.2, 0.25) is 0 Å². The molecule has 2 aromatic rings. The molecule has 1 aromatic carbocycles. The van der Waals surface area contributed by atoms with Crippen molar-refractivity contribution < 1.29 is 9.53 Å². The molecule has 1 aliphatic heterocycles. The van der Waals surface area contributed by atoms with Gasteiger partial charge in [0.2, 0.25) is 0 Å². The van der Waals surface area contributed by atoms with Crippen molar-refractivity contribution in [3.8, 4) is 0 Å². The fourth-order valence-electron chi connectivity index (χ4n) is 2.79. The van der Waals surface area contributed by atoms with E-state index in [1.54, 1.807) is 13.3 Å². The summed E-state index contributed by atoms with van der Waals surface area (Å²) in [6, 6.07) is 4.13. The normalized spacial score (nSPS) is 13.2. The van der Waals surface area contributed by atoms with Gasteiger partial charge in [0.1, 0.15) is 0 Å². The smallest absolute Gasteiger partial charge is 0.318 e. The maximum atomic E-state index is 12.4. The number of aryl methyl sites for hydroxylation is 1. The standard InChI is InChI=1S/C17H21BrN4O2/c1-12-3-4-14-10-21(11-15(14)16(12)18)17(23)19-7-13-8-20-22(9-13)5-6-24-2/h3-4,8-9H,5-7,10-11H2,1-2H3,(H,19,23). The van der Waals surface area contributed by atoms with E-state index in [2.05, 4.69) is 45.4 Å². The van der Waals surface area contributed by atoms with Gasteiger partial charge in [-0.15, -0.1) is 0 Å². The van der Waals surface area contributed by atoms with Crippen molar-refractivity contribution in [2.24, 2.45) is 0 Å². The summed E-state index contributed by atoms with van der Waals surface area (Å²) >= 11 is 3.63. The molecular weight excluding hydrogens is 372 g/mol. The van der Waals surface area contributed by atoms with Crippen LogP contribution in [0.3, 0.4) is 0 Å². The van der Waals surface area contributed by atoms with Crippen LogP contribution in [-0.4, -0.2) is 34.4 Å². The van der Waals surface area contributed by atoms with Crippen LogP contribution in [0, 0.1) is 6.92 Å².